The van der Waals surface area contributed by atoms with Crippen LogP contribution in [0, 0.1) is 11.3 Å². The van der Waals surface area contributed by atoms with Gasteiger partial charge in [0.2, 0.25) is 0 Å². The van der Waals surface area contributed by atoms with Crippen LogP contribution in [0.1, 0.15) is 82.3 Å². The molecule has 204 valence electrons. The zero-order chi connectivity index (χ0) is 27.7. The Morgan fingerprint density at radius 2 is 1.67 bits per heavy atom. The predicted octanol–water partition coefficient (Wildman–Crippen LogP) is 4.32. The van der Waals surface area contributed by atoms with Gasteiger partial charge in [0.05, 0.1) is 40.4 Å². The number of nitrogens with one attached hydrogen (secondary N) is 1. The largest absolute Gasteiger partial charge is 0.494 e. The summed E-state index contributed by atoms with van der Waals surface area (Å²) in [6, 6.07) is 13.9. The van der Waals surface area contributed by atoms with Crippen LogP contribution >= 0.6 is 0 Å². The molecule has 1 atom stereocenters. The minimum absolute atomic E-state index is 0.0822. The van der Waals surface area contributed by atoms with Crippen molar-refractivity contribution in [2.24, 2.45) is 11.3 Å². The lowest BCUT2D eigenvalue weighted by Gasteiger charge is -2.56. The Labute approximate surface area is 229 Å². The highest BCUT2D eigenvalue weighted by Crippen LogP contribution is 2.58. The van der Waals surface area contributed by atoms with Gasteiger partial charge in [-0.3, -0.25) is 14.3 Å². The smallest absolute Gasteiger partial charge is 0.481 e. The number of para-hydroxylation sites is 1. The van der Waals surface area contributed by atoms with Crippen molar-refractivity contribution in [3.63, 3.8) is 0 Å². The number of rotatable bonds is 6. The Hall–Kier alpha value is -3.17. The summed E-state index contributed by atoms with van der Waals surface area (Å²) in [4.78, 5) is 24.6. The minimum atomic E-state index is -0.704. The third-order valence-corrected chi connectivity index (χ3v) is 9.58. The van der Waals surface area contributed by atoms with E-state index in [1.807, 2.05) is 62.7 Å². The van der Waals surface area contributed by atoms with Gasteiger partial charge in [0, 0.05) is 11.4 Å². The number of aromatic nitrogens is 2. The fraction of sp³-hybridized carbons (Fsp3) is 0.500. The van der Waals surface area contributed by atoms with Crippen LogP contribution in [-0.4, -0.2) is 51.1 Å². The van der Waals surface area contributed by atoms with Gasteiger partial charge in [-0.1, -0.05) is 36.4 Å². The van der Waals surface area contributed by atoms with Crippen molar-refractivity contribution >= 4 is 35.4 Å². The first kappa shape index (κ1) is 26.1. The van der Waals surface area contributed by atoms with E-state index >= 15 is 0 Å². The monoisotopic (exact) mass is 529 g/mol. The highest BCUT2D eigenvalue weighted by molar-refractivity contribution is 6.62. The first-order valence-electron chi connectivity index (χ1n) is 13.8. The molecule has 2 N–H and O–H groups in total. The minimum Gasteiger partial charge on any atom is -0.481 e. The van der Waals surface area contributed by atoms with E-state index in [1.54, 1.807) is 6.20 Å². The SMILES string of the molecule is CC(c1ccc(B2OC(C)(C)C(C)(C)O2)cc1)n1ncc2cccc(C(=O)NC3CC4(C3)CC(C(=O)O)C4)c21. The Balaban J connectivity index is 1.18. The summed E-state index contributed by atoms with van der Waals surface area (Å²) in [6.45, 7) is 10.3. The van der Waals surface area contributed by atoms with Gasteiger partial charge in [-0.25, -0.2) is 0 Å². The van der Waals surface area contributed by atoms with Crippen molar-refractivity contribution in [1.29, 1.82) is 0 Å². The van der Waals surface area contributed by atoms with E-state index in [0.717, 1.165) is 47.6 Å². The number of hydrogen-bond donors (Lipinski definition) is 2. The van der Waals surface area contributed by atoms with Crippen LogP contribution in [0.5, 0.6) is 0 Å². The van der Waals surface area contributed by atoms with Crippen LogP contribution in [0.4, 0.5) is 0 Å². The second kappa shape index (κ2) is 8.93. The maximum absolute atomic E-state index is 13.4. The molecule has 3 aliphatic rings. The molecule has 1 amide bonds. The molecule has 1 aromatic heterocycles. The van der Waals surface area contributed by atoms with Crippen molar-refractivity contribution < 1.29 is 24.0 Å². The lowest BCUT2D eigenvalue weighted by atomic mass is 9.50. The summed E-state index contributed by atoms with van der Waals surface area (Å²) in [5.74, 6) is -1.04. The van der Waals surface area contributed by atoms with E-state index in [4.69, 9.17) is 9.31 Å². The molecule has 2 saturated carbocycles. The summed E-state index contributed by atoms with van der Waals surface area (Å²) >= 11 is 0. The Bertz CT molecular complexity index is 1420. The Kier molecular flexibility index (Phi) is 5.97. The Morgan fingerprint density at radius 3 is 2.28 bits per heavy atom. The van der Waals surface area contributed by atoms with Gasteiger partial charge in [-0.05, 0) is 82.8 Å². The third-order valence-electron chi connectivity index (χ3n) is 9.58. The third kappa shape index (κ3) is 4.36. The van der Waals surface area contributed by atoms with Crippen molar-refractivity contribution in [1.82, 2.24) is 15.1 Å². The van der Waals surface area contributed by atoms with Crippen molar-refractivity contribution in [3.8, 4) is 0 Å². The molecule has 6 rings (SSSR count). The van der Waals surface area contributed by atoms with Crippen LogP contribution in [0.3, 0.4) is 0 Å². The van der Waals surface area contributed by atoms with Gasteiger partial charge < -0.3 is 19.7 Å². The maximum atomic E-state index is 13.4. The summed E-state index contributed by atoms with van der Waals surface area (Å²) in [6.07, 6.45) is 4.95. The van der Waals surface area contributed by atoms with E-state index in [-0.39, 0.29) is 29.3 Å². The second-order valence-electron chi connectivity index (χ2n) is 12.8. The molecule has 1 unspecified atom stereocenters. The van der Waals surface area contributed by atoms with E-state index < -0.39 is 24.3 Å². The second-order valence-corrected chi connectivity index (χ2v) is 12.8. The lowest BCUT2D eigenvalue weighted by molar-refractivity contribution is -0.155. The fourth-order valence-electron chi connectivity index (χ4n) is 6.48. The highest BCUT2D eigenvalue weighted by Gasteiger charge is 2.55. The molecule has 1 spiro atoms. The number of benzene rings is 2. The number of fused-ring (bicyclic) bond motifs is 1. The maximum Gasteiger partial charge on any atom is 0.494 e. The number of carboxylic acids is 1. The van der Waals surface area contributed by atoms with E-state index in [9.17, 15) is 14.7 Å². The molecule has 1 saturated heterocycles. The van der Waals surface area contributed by atoms with Gasteiger partial charge in [-0.2, -0.15) is 5.10 Å². The van der Waals surface area contributed by atoms with E-state index in [1.165, 1.54) is 0 Å². The number of carboxylic acid groups (broad SMARTS) is 1. The summed E-state index contributed by atoms with van der Waals surface area (Å²) < 4.78 is 14.3. The Morgan fingerprint density at radius 1 is 1.03 bits per heavy atom. The molecule has 0 radical (unpaired) electrons. The molecular formula is C30H36BN3O5. The molecule has 2 aliphatic carbocycles. The van der Waals surface area contributed by atoms with Crippen molar-refractivity contribution in [2.75, 3.05) is 0 Å². The fourth-order valence-corrected chi connectivity index (χ4v) is 6.48. The molecule has 39 heavy (non-hydrogen) atoms. The predicted molar refractivity (Wildman–Crippen MR) is 149 cm³/mol. The van der Waals surface area contributed by atoms with Gasteiger partial charge in [0.1, 0.15) is 0 Å². The summed E-state index contributed by atoms with van der Waals surface area (Å²) in [5, 5.41) is 18.0. The molecule has 8 nitrogen and oxygen atoms in total. The quantitative estimate of drug-likeness (QED) is 0.462. The zero-order valence-electron chi connectivity index (χ0n) is 23.2. The first-order valence-corrected chi connectivity index (χ1v) is 13.8. The molecule has 1 aliphatic heterocycles. The molecule has 2 heterocycles. The normalized spacial score (nSPS) is 27.7. The van der Waals surface area contributed by atoms with Crippen LogP contribution in [-0.2, 0) is 14.1 Å². The zero-order valence-corrected chi connectivity index (χ0v) is 23.2. The molecule has 3 aromatic rings. The lowest BCUT2D eigenvalue weighted by Crippen LogP contribution is -2.57. The number of hydrogen-bond acceptors (Lipinski definition) is 5. The molecule has 9 heteroatoms. The van der Waals surface area contributed by atoms with Gasteiger partial charge in [0.25, 0.3) is 5.91 Å². The average molecular weight is 529 g/mol. The van der Waals surface area contributed by atoms with Crippen molar-refractivity contribution in [3.05, 3.63) is 59.8 Å². The van der Waals surface area contributed by atoms with Gasteiger partial charge in [-0.15, -0.1) is 0 Å². The number of carbonyl (C=O) groups excluding carboxylic acids is 1. The van der Waals surface area contributed by atoms with E-state index in [2.05, 4.69) is 29.5 Å². The van der Waals surface area contributed by atoms with Crippen LogP contribution < -0.4 is 10.8 Å². The van der Waals surface area contributed by atoms with E-state index in [0.29, 0.717) is 5.56 Å². The summed E-state index contributed by atoms with van der Waals surface area (Å²) in [7, 11) is -0.416. The average Bonchev–Trinajstić information content (AvgIpc) is 3.36. The molecule has 2 aromatic carbocycles. The molecule has 3 fully saturated rings. The standard InChI is InChI=1S/C30H36BN3O5/c1-18(19-9-11-22(12-10-19)31-38-28(2,3)29(4,5)39-31)34-25-20(17-32-34)7-6-8-24(25)26(35)33-23-15-30(16-23)13-21(14-30)27(36)37/h6-12,17-18,21,23H,13-16H2,1-5H3,(H,33,35)(H,36,37). The van der Waals surface area contributed by atoms with Crippen LogP contribution in [0.15, 0.2) is 48.7 Å². The van der Waals surface area contributed by atoms with Crippen LogP contribution in [0.25, 0.3) is 10.9 Å². The van der Waals surface area contributed by atoms with Crippen molar-refractivity contribution in [2.45, 2.75) is 83.6 Å². The first-order chi connectivity index (χ1) is 18.4. The summed E-state index contributed by atoms with van der Waals surface area (Å²) in [5.41, 5.74) is 2.75. The van der Waals surface area contributed by atoms with Gasteiger partial charge in [0.15, 0.2) is 0 Å². The highest BCUT2D eigenvalue weighted by atomic mass is 16.7. The number of amides is 1. The van der Waals surface area contributed by atoms with Crippen LogP contribution in [0.2, 0.25) is 0 Å². The van der Waals surface area contributed by atoms with Gasteiger partial charge >= 0.3 is 13.1 Å². The number of nitrogens with zero attached hydrogens (tertiary/aromatic N) is 2. The molecular weight excluding hydrogens is 493 g/mol. The topological polar surface area (TPSA) is 103 Å². The number of carbonyl (C=O) groups is 2. The number of aliphatic carboxylic acids is 1. The molecule has 0 bridgehead atoms.